The van der Waals surface area contributed by atoms with E-state index in [0.717, 1.165) is 5.56 Å². The molecule has 5 nitrogen and oxygen atoms in total. The topological polar surface area (TPSA) is 58.1 Å². The van der Waals surface area contributed by atoms with Gasteiger partial charge in [0.05, 0.1) is 21.3 Å². The molecule has 3 aromatic rings. The lowest BCUT2D eigenvalue weighted by molar-refractivity contribution is 0.102. The molecule has 0 atom stereocenters. The maximum absolute atomic E-state index is 12.3. The highest BCUT2D eigenvalue weighted by Gasteiger charge is 2.12. The van der Waals surface area contributed by atoms with Crippen molar-refractivity contribution >= 4 is 40.7 Å². The van der Waals surface area contributed by atoms with E-state index in [-0.39, 0.29) is 5.91 Å². The second-order valence-electron chi connectivity index (χ2n) is 5.67. The predicted molar refractivity (Wildman–Crippen MR) is 105 cm³/mol. The Balaban J connectivity index is 1.68. The summed E-state index contributed by atoms with van der Waals surface area (Å²) in [7, 11) is 1.90. The molecule has 0 aliphatic rings. The van der Waals surface area contributed by atoms with Gasteiger partial charge in [0.1, 0.15) is 0 Å². The Bertz CT molecular complexity index is 901. The number of aromatic nitrogens is 2. The number of carbonyl (C=O) groups excluding carboxylic acids is 1. The minimum absolute atomic E-state index is 0.294. The number of nitrogens with one attached hydrogen (secondary N) is 1. The van der Waals surface area contributed by atoms with Gasteiger partial charge in [-0.2, -0.15) is 0 Å². The normalized spacial score (nSPS) is 10.4. The third kappa shape index (κ3) is 4.31. The van der Waals surface area contributed by atoms with Crippen LogP contribution in [0.15, 0.2) is 60.9 Å². The van der Waals surface area contributed by atoms with Gasteiger partial charge in [0.25, 0.3) is 5.91 Å². The maximum Gasteiger partial charge on any atom is 0.258 e. The van der Waals surface area contributed by atoms with E-state index >= 15 is 0 Å². The predicted octanol–water partition coefficient (Wildman–Crippen LogP) is 4.67. The number of rotatable bonds is 5. The van der Waals surface area contributed by atoms with Crippen LogP contribution >= 0.6 is 23.2 Å². The second kappa shape index (κ2) is 8.17. The Labute approximate surface area is 161 Å². The van der Waals surface area contributed by atoms with Gasteiger partial charge in [-0.1, -0.05) is 59.6 Å². The van der Waals surface area contributed by atoms with Crippen molar-refractivity contribution in [2.45, 2.75) is 6.54 Å². The number of nitrogens with zero attached hydrogens (tertiary/aromatic N) is 3. The van der Waals surface area contributed by atoms with Crippen LogP contribution in [-0.4, -0.2) is 22.9 Å². The molecule has 0 aliphatic heterocycles. The summed E-state index contributed by atoms with van der Waals surface area (Å²) in [6.07, 6.45) is 2.97. The number of amides is 1. The molecule has 3 rings (SSSR count). The van der Waals surface area contributed by atoms with Crippen molar-refractivity contribution in [1.29, 1.82) is 0 Å². The number of halogens is 2. The molecule has 7 heteroatoms. The Morgan fingerprint density at radius 3 is 2.42 bits per heavy atom. The summed E-state index contributed by atoms with van der Waals surface area (Å²) in [6.45, 7) is 0.671. The Kier molecular flexibility index (Phi) is 5.71. The number of hydrogen-bond acceptors (Lipinski definition) is 4. The average molecular weight is 387 g/mol. The van der Waals surface area contributed by atoms with E-state index in [0.29, 0.717) is 33.8 Å². The van der Waals surface area contributed by atoms with Gasteiger partial charge in [-0.05, 0) is 17.7 Å². The van der Waals surface area contributed by atoms with Crippen LogP contribution in [0.3, 0.4) is 0 Å². The van der Waals surface area contributed by atoms with Crippen molar-refractivity contribution < 1.29 is 4.79 Å². The lowest BCUT2D eigenvalue weighted by Crippen LogP contribution is -2.20. The third-order valence-corrected chi connectivity index (χ3v) is 4.52. The van der Waals surface area contributed by atoms with E-state index in [2.05, 4.69) is 15.3 Å². The molecule has 0 unspecified atom stereocenters. The molecule has 0 saturated carbocycles. The molecular weight excluding hydrogens is 371 g/mol. The fraction of sp³-hybridized carbons (Fsp3) is 0.105. The Hall–Kier alpha value is -2.63. The van der Waals surface area contributed by atoms with Gasteiger partial charge < -0.3 is 10.2 Å². The summed E-state index contributed by atoms with van der Waals surface area (Å²) in [5, 5.41) is 3.37. The first kappa shape index (κ1) is 18.2. The lowest BCUT2D eigenvalue weighted by atomic mass is 10.2. The molecule has 0 bridgehead atoms. The van der Waals surface area contributed by atoms with Crippen LogP contribution in [0.2, 0.25) is 10.0 Å². The zero-order valence-corrected chi connectivity index (χ0v) is 15.5. The number of anilines is 2. The monoisotopic (exact) mass is 386 g/mol. The standard InChI is InChI=1S/C19H16Cl2N4O/c1-25(12-13-6-3-2-4-7-13)19-22-10-14(11-23-19)18(26)24-16-9-5-8-15(20)17(16)21/h2-11H,12H2,1H3,(H,24,26). The molecule has 1 amide bonds. The van der Waals surface area contributed by atoms with Gasteiger partial charge >= 0.3 is 0 Å². The highest BCUT2D eigenvalue weighted by atomic mass is 35.5. The first-order chi connectivity index (χ1) is 12.5. The summed E-state index contributed by atoms with van der Waals surface area (Å²) in [6, 6.07) is 15.0. The Morgan fingerprint density at radius 1 is 1.04 bits per heavy atom. The van der Waals surface area contributed by atoms with Gasteiger partial charge in [0, 0.05) is 26.0 Å². The molecule has 0 saturated heterocycles. The van der Waals surface area contributed by atoms with Crippen molar-refractivity contribution in [3.63, 3.8) is 0 Å². The van der Waals surface area contributed by atoms with Crippen LogP contribution < -0.4 is 10.2 Å². The molecule has 1 N–H and O–H groups in total. The van der Waals surface area contributed by atoms with E-state index in [1.54, 1.807) is 18.2 Å². The molecule has 132 valence electrons. The van der Waals surface area contributed by atoms with Gasteiger partial charge in [-0.25, -0.2) is 9.97 Å². The zero-order valence-electron chi connectivity index (χ0n) is 14.0. The van der Waals surface area contributed by atoms with E-state index in [9.17, 15) is 4.79 Å². The van der Waals surface area contributed by atoms with Crippen molar-refractivity contribution in [1.82, 2.24) is 9.97 Å². The van der Waals surface area contributed by atoms with Crippen molar-refractivity contribution in [2.24, 2.45) is 0 Å². The molecule has 1 heterocycles. The SMILES string of the molecule is CN(Cc1ccccc1)c1ncc(C(=O)Nc2cccc(Cl)c2Cl)cn1. The van der Waals surface area contributed by atoms with Gasteiger partial charge in [-0.3, -0.25) is 4.79 Å². The number of carbonyl (C=O) groups is 1. The van der Waals surface area contributed by atoms with Crippen LogP contribution in [0.5, 0.6) is 0 Å². The van der Waals surface area contributed by atoms with Crippen LogP contribution in [0.4, 0.5) is 11.6 Å². The Morgan fingerprint density at radius 2 is 1.73 bits per heavy atom. The fourth-order valence-electron chi connectivity index (χ4n) is 2.36. The highest BCUT2D eigenvalue weighted by molar-refractivity contribution is 6.44. The van der Waals surface area contributed by atoms with Gasteiger partial charge in [0.15, 0.2) is 0 Å². The highest BCUT2D eigenvalue weighted by Crippen LogP contribution is 2.29. The van der Waals surface area contributed by atoms with E-state index in [1.165, 1.54) is 12.4 Å². The molecule has 0 radical (unpaired) electrons. The van der Waals surface area contributed by atoms with Gasteiger partial charge in [-0.15, -0.1) is 0 Å². The van der Waals surface area contributed by atoms with Crippen molar-refractivity contribution in [3.8, 4) is 0 Å². The molecule has 0 aliphatic carbocycles. The van der Waals surface area contributed by atoms with Crippen LogP contribution in [0, 0.1) is 0 Å². The molecule has 0 spiro atoms. The summed E-state index contributed by atoms with van der Waals surface area (Å²) >= 11 is 12.0. The molecule has 2 aromatic carbocycles. The third-order valence-electron chi connectivity index (χ3n) is 3.70. The van der Waals surface area contributed by atoms with E-state index in [4.69, 9.17) is 23.2 Å². The number of hydrogen-bond donors (Lipinski definition) is 1. The smallest absolute Gasteiger partial charge is 0.258 e. The number of benzene rings is 2. The first-order valence-electron chi connectivity index (χ1n) is 7.87. The van der Waals surface area contributed by atoms with Crippen LogP contribution in [0.25, 0.3) is 0 Å². The van der Waals surface area contributed by atoms with Crippen LogP contribution in [-0.2, 0) is 6.54 Å². The molecule has 1 aromatic heterocycles. The van der Waals surface area contributed by atoms with Crippen molar-refractivity contribution in [3.05, 3.63) is 82.1 Å². The lowest BCUT2D eigenvalue weighted by Gasteiger charge is -2.17. The summed E-state index contributed by atoms with van der Waals surface area (Å²) < 4.78 is 0. The zero-order chi connectivity index (χ0) is 18.5. The summed E-state index contributed by atoms with van der Waals surface area (Å²) in [5.74, 6) is 0.178. The molecular formula is C19H16Cl2N4O. The first-order valence-corrected chi connectivity index (χ1v) is 8.62. The molecule has 0 fully saturated rings. The van der Waals surface area contributed by atoms with E-state index < -0.39 is 0 Å². The minimum Gasteiger partial charge on any atom is -0.340 e. The van der Waals surface area contributed by atoms with Crippen molar-refractivity contribution in [2.75, 3.05) is 17.3 Å². The maximum atomic E-state index is 12.3. The fourth-order valence-corrected chi connectivity index (χ4v) is 2.71. The average Bonchev–Trinajstić information content (AvgIpc) is 2.66. The molecule has 26 heavy (non-hydrogen) atoms. The summed E-state index contributed by atoms with van der Waals surface area (Å²) in [4.78, 5) is 22.8. The minimum atomic E-state index is -0.355. The largest absolute Gasteiger partial charge is 0.340 e. The van der Waals surface area contributed by atoms with Crippen LogP contribution in [0.1, 0.15) is 15.9 Å². The van der Waals surface area contributed by atoms with Gasteiger partial charge in [0.2, 0.25) is 5.95 Å². The second-order valence-corrected chi connectivity index (χ2v) is 6.45. The van der Waals surface area contributed by atoms with E-state index in [1.807, 2.05) is 42.3 Å². The summed E-state index contributed by atoms with van der Waals surface area (Å²) in [5.41, 5.74) is 1.92. The quantitative estimate of drug-likeness (QED) is 0.691.